The second-order valence-electron chi connectivity index (χ2n) is 5.43. The molecule has 2 aliphatic heterocycles. The third-order valence-electron chi connectivity index (χ3n) is 3.93. The monoisotopic (exact) mass is 306 g/mol. The van der Waals surface area contributed by atoms with Crippen LogP contribution in [0, 0.1) is 0 Å². The van der Waals surface area contributed by atoms with E-state index in [4.69, 9.17) is 0 Å². The Morgan fingerprint density at radius 3 is 3.04 bits per heavy atom. The average Bonchev–Trinajstić information content (AvgIpc) is 3.06. The van der Waals surface area contributed by atoms with Gasteiger partial charge in [0.25, 0.3) is 0 Å². The summed E-state index contributed by atoms with van der Waals surface area (Å²) in [4.78, 5) is 27.5. The Labute approximate surface area is 132 Å². The maximum atomic E-state index is 12.4. The van der Waals surface area contributed by atoms with Crippen LogP contribution in [0.5, 0.6) is 5.75 Å². The molecular formula is C17H14N4O2. The Balaban J connectivity index is 1.70. The average molecular weight is 306 g/mol. The first-order valence-electron chi connectivity index (χ1n) is 7.38. The molecule has 0 aliphatic carbocycles. The van der Waals surface area contributed by atoms with Gasteiger partial charge in [-0.2, -0.15) is 0 Å². The van der Waals surface area contributed by atoms with Crippen molar-refractivity contribution in [2.75, 3.05) is 13.1 Å². The van der Waals surface area contributed by atoms with E-state index in [1.807, 2.05) is 4.90 Å². The highest BCUT2D eigenvalue weighted by molar-refractivity contribution is 6.20. The molecular weight excluding hydrogens is 292 g/mol. The van der Waals surface area contributed by atoms with Crippen molar-refractivity contribution in [3.63, 3.8) is 0 Å². The molecule has 0 spiro atoms. The number of Topliss-reactive ketones (excluding diaryl/α,β-unsaturated/α-hetero) is 1. The second-order valence-corrected chi connectivity index (χ2v) is 5.43. The number of rotatable bonds is 3. The van der Waals surface area contributed by atoms with E-state index in [-0.39, 0.29) is 18.0 Å². The van der Waals surface area contributed by atoms with Crippen LogP contribution in [-0.4, -0.2) is 45.5 Å². The van der Waals surface area contributed by atoms with E-state index in [1.54, 1.807) is 42.7 Å². The lowest BCUT2D eigenvalue weighted by atomic mass is 10.1. The van der Waals surface area contributed by atoms with Gasteiger partial charge < -0.3 is 10.0 Å². The number of aromatic nitrogens is 1. The Hall–Kier alpha value is -3.02. The van der Waals surface area contributed by atoms with Gasteiger partial charge in [0.2, 0.25) is 0 Å². The number of fused-ring (bicyclic) bond motifs is 3. The second kappa shape index (κ2) is 5.31. The molecule has 0 atom stereocenters. The summed E-state index contributed by atoms with van der Waals surface area (Å²) >= 11 is 0. The Kier molecular flexibility index (Phi) is 3.15. The molecule has 3 heterocycles. The van der Waals surface area contributed by atoms with Gasteiger partial charge in [0, 0.05) is 30.1 Å². The summed E-state index contributed by atoms with van der Waals surface area (Å²) < 4.78 is 0. The van der Waals surface area contributed by atoms with Crippen molar-refractivity contribution in [2.24, 2.45) is 9.98 Å². The highest BCUT2D eigenvalue weighted by Crippen LogP contribution is 2.32. The number of aromatic hydroxyl groups is 1. The van der Waals surface area contributed by atoms with Crippen LogP contribution in [0.1, 0.15) is 22.3 Å². The van der Waals surface area contributed by atoms with Gasteiger partial charge >= 0.3 is 0 Å². The van der Waals surface area contributed by atoms with E-state index in [9.17, 15) is 9.90 Å². The van der Waals surface area contributed by atoms with Crippen molar-refractivity contribution in [1.29, 1.82) is 0 Å². The standard InChI is InChI=1S/C17H14N4O2/c22-12-3-4-14-13(8-12)17-19-6-7-21(17)16(20-14)9-15(23)11-2-1-5-18-10-11/h1-5,8,10,22H,6-7,9H2. The van der Waals surface area contributed by atoms with E-state index in [0.29, 0.717) is 24.5 Å². The van der Waals surface area contributed by atoms with E-state index >= 15 is 0 Å². The molecule has 0 saturated carbocycles. The first kappa shape index (κ1) is 13.6. The maximum Gasteiger partial charge on any atom is 0.171 e. The Bertz CT molecular complexity index is 843. The summed E-state index contributed by atoms with van der Waals surface area (Å²) in [7, 11) is 0. The normalized spacial score (nSPS) is 15.6. The number of ketones is 1. The maximum absolute atomic E-state index is 12.4. The molecule has 6 nitrogen and oxygen atoms in total. The van der Waals surface area contributed by atoms with Gasteiger partial charge in [-0.1, -0.05) is 0 Å². The molecule has 0 radical (unpaired) electrons. The number of benzene rings is 1. The number of hydrogen-bond acceptors (Lipinski definition) is 6. The SMILES string of the molecule is O=C(CC1=Nc2ccc(O)cc2C2=NCCN12)c1cccnc1. The topological polar surface area (TPSA) is 78.1 Å². The minimum Gasteiger partial charge on any atom is -0.508 e. The third kappa shape index (κ3) is 2.38. The molecule has 114 valence electrons. The molecule has 0 fully saturated rings. The number of pyridine rings is 1. The molecule has 0 saturated heterocycles. The third-order valence-corrected chi connectivity index (χ3v) is 3.93. The first-order chi connectivity index (χ1) is 11.2. The molecule has 23 heavy (non-hydrogen) atoms. The zero-order valence-electron chi connectivity index (χ0n) is 12.3. The van der Waals surface area contributed by atoms with Crippen molar-refractivity contribution in [3.05, 3.63) is 53.9 Å². The quantitative estimate of drug-likeness (QED) is 0.882. The summed E-state index contributed by atoms with van der Waals surface area (Å²) in [5.74, 6) is 1.63. The highest BCUT2D eigenvalue weighted by Gasteiger charge is 2.30. The van der Waals surface area contributed by atoms with Crippen LogP contribution in [0.25, 0.3) is 0 Å². The lowest BCUT2D eigenvalue weighted by Gasteiger charge is -2.27. The molecule has 4 rings (SSSR count). The van der Waals surface area contributed by atoms with E-state index in [0.717, 1.165) is 17.1 Å². The number of carbonyl (C=O) groups excluding carboxylic acids is 1. The van der Waals surface area contributed by atoms with Gasteiger partial charge in [0.05, 0.1) is 18.7 Å². The van der Waals surface area contributed by atoms with Crippen LogP contribution in [0.3, 0.4) is 0 Å². The number of amidine groups is 2. The summed E-state index contributed by atoms with van der Waals surface area (Å²) in [6, 6.07) is 8.50. The number of carbonyl (C=O) groups is 1. The molecule has 0 bridgehead atoms. The molecule has 0 unspecified atom stereocenters. The minimum absolute atomic E-state index is 0.0228. The van der Waals surface area contributed by atoms with Gasteiger partial charge in [0.15, 0.2) is 5.78 Å². The lowest BCUT2D eigenvalue weighted by Crippen LogP contribution is -2.38. The van der Waals surface area contributed by atoms with Crippen LogP contribution in [0.2, 0.25) is 0 Å². The highest BCUT2D eigenvalue weighted by atomic mass is 16.3. The van der Waals surface area contributed by atoms with Crippen LogP contribution in [0.4, 0.5) is 5.69 Å². The van der Waals surface area contributed by atoms with Crippen LogP contribution < -0.4 is 0 Å². The fraction of sp³-hybridized carbons (Fsp3) is 0.176. The molecule has 1 N–H and O–H groups in total. The van der Waals surface area contributed by atoms with Crippen LogP contribution >= 0.6 is 0 Å². The Morgan fingerprint density at radius 2 is 2.22 bits per heavy atom. The van der Waals surface area contributed by atoms with Crippen LogP contribution in [-0.2, 0) is 0 Å². The summed E-state index contributed by atoms with van der Waals surface area (Å²) in [6.07, 6.45) is 3.41. The van der Waals surface area contributed by atoms with Crippen molar-refractivity contribution < 1.29 is 9.90 Å². The van der Waals surface area contributed by atoms with Gasteiger partial charge in [-0.15, -0.1) is 0 Å². The van der Waals surface area contributed by atoms with Crippen molar-refractivity contribution in [2.45, 2.75) is 6.42 Å². The van der Waals surface area contributed by atoms with Gasteiger partial charge in [-0.3, -0.25) is 14.8 Å². The minimum atomic E-state index is -0.0228. The fourth-order valence-corrected chi connectivity index (χ4v) is 2.84. The predicted molar refractivity (Wildman–Crippen MR) is 86.5 cm³/mol. The van der Waals surface area contributed by atoms with E-state index in [1.165, 1.54) is 0 Å². The Morgan fingerprint density at radius 1 is 1.30 bits per heavy atom. The summed E-state index contributed by atoms with van der Waals surface area (Å²) in [5, 5.41) is 9.69. The number of phenols is 1. The van der Waals surface area contributed by atoms with Crippen LogP contribution in [0.15, 0.2) is 52.7 Å². The molecule has 6 heteroatoms. The van der Waals surface area contributed by atoms with E-state index in [2.05, 4.69) is 15.0 Å². The van der Waals surface area contributed by atoms with Crippen molar-refractivity contribution in [3.8, 4) is 5.75 Å². The number of nitrogens with zero attached hydrogens (tertiary/aromatic N) is 4. The summed E-state index contributed by atoms with van der Waals surface area (Å²) in [6.45, 7) is 1.36. The molecule has 2 aromatic rings. The van der Waals surface area contributed by atoms with E-state index < -0.39 is 0 Å². The lowest BCUT2D eigenvalue weighted by molar-refractivity contribution is 0.0998. The first-order valence-corrected chi connectivity index (χ1v) is 7.38. The zero-order chi connectivity index (χ0) is 15.8. The van der Waals surface area contributed by atoms with Crippen molar-refractivity contribution >= 4 is 23.1 Å². The molecule has 1 aromatic heterocycles. The molecule has 1 aromatic carbocycles. The smallest absolute Gasteiger partial charge is 0.171 e. The molecule has 2 aliphatic rings. The largest absolute Gasteiger partial charge is 0.508 e. The zero-order valence-corrected chi connectivity index (χ0v) is 12.3. The fourth-order valence-electron chi connectivity index (χ4n) is 2.84. The summed E-state index contributed by atoms with van der Waals surface area (Å²) in [5.41, 5.74) is 2.11. The van der Waals surface area contributed by atoms with Crippen molar-refractivity contribution in [1.82, 2.24) is 9.88 Å². The number of phenolic OH excluding ortho intramolecular Hbond substituents is 1. The van der Waals surface area contributed by atoms with Gasteiger partial charge in [-0.05, 0) is 30.3 Å². The molecule has 0 amide bonds. The van der Waals surface area contributed by atoms with Gasteiger partial charge in [0.1, 0.15) is 17.4 Å². The predicted octanol–water partition coefficient (Wildman–Crippen LogP) is 2.17. The number of hydrogen-bond donors (Lipinski definition) is 1. The van der Waals surface area contributed by atoms with Gasteiger partial charge in [-0.25, -0.2) is 4.99 Å². The number of aliphatic imine (C=N–C) groups is 2.